The number of carbonyl (C=O) groups excluding carboxylic acids is 2. The molecular weight excluding hydrogens is 462 g/mol. The fourth-order valence-electron chi connectivity index (χ4n) is 4.32. The van der Waals surface area contributed by atoms with Gasteiger partial charge in [-0.15, -0.1) is 11.3 Å². The average Bonchev–Trinajstić information content (AvgIpc) is 3.27. The standard InChI is InChI=1S/C27H29N3O4S/c1-27(2,3)34-26(32)30-13-6-7-18(16-30)25-29-21-11-10-17(15-23(21)35-25)24(31)28-20-12-14-33-22-9-5-4-8-19(20)22/h4-5,7-11,15,20H,6,12-14,16H2,1-3H3,(H,28,31)/t20-/m0/s1. The molecule has 35 heavy (non-hydrogen) atoms. The Bertz CT molecular complexity index is 1310. The van der Waals surface area contributed by atoms with Gasteiger partial charge in [-0.05, 0) is 51.5 Å². The summed E-state index contributed by atoms with van der Waals surface area (Å²) in [6.07, 6.45) is 3.32. The molecule has 5 rings (SSSR count). The summed E-state index contributed by atoms with van der Waals surface area (Å²) in [5, 5.41) is 4.02. The van der Waals surface area contributed by atoms with Crippen LogP contribution in [-0.4, -0.2) is 47.2 Å². The Labute approximate surface area is 208 Å². The van der Waals surface area contributed by atoms with Gasteiger partial charge in [-0.25, -0.2) is 9.78 Å². The monoisotopic (exact) mass is 491 g/mol. The van der Waals surface area contributed by atoms with Gasteiger partial charge in [0.1, 0.15) is 16.4 Å². The van der Waals surface area contributed by atoms with Crippen LogP contribution in [0.25, 0.3) is 15.8 Å². The van der Waals surface area contributed by atoms with Crippen LogP contribution in [0.2, 0.25) is 0 Å². The van der Waals surface area contributed by atoms with Crippen molar-refractivity contribution in [3.63, 3.8) is 0 Å². The number of hydrogen-bond acceptors (Lipinski definition) is 6. The van der Waals surface area contributed by atoms with Crippen LogP contribution in [-0.2, 0) is 4.74 Å². The van der Waals surface area contributed by atoms with E-state index in [1.165, 1.54) is 11.3 Å². The van der Waals surface area contributed by atoms with E-state index in [1.54, 1.807) is 4.90 Å². The van der Waals surface area contributed by atoms with Crippen LogP contribution in [0.5, 0.6) is 5.75 Å². The van der Waals surface area contributed by atoms with Gasteiger partial charge in [-0.3, -0.25) is 4.79 Å². The number of amides is 2. The SMILES string of the molecule is CC(C)(C)OC(=O)N1CCC=C(c2nc3ccc(C(=O)N[C@H]4CCOc5ccccc54)cc3s2)C1. The summed E-state index contributed by atoms with van der Waals surface area (Å²) >= 11 is 1.54. The van der Waals surface area contributed by atoms with Gasteiger partial charge in [0.15, 0.2) is 0 Å². The zero-order valence-electron chi connectivity index (χ0n) is 20.2. The Morgan fingerprint density at radius 3 is 2.86 bits per heavy atom. The van der Waals surface area contributed by atoms with E-state index in [4.69, 9.17) is 14.5 Å². The smallest absolute Gasteiger partial charge is 0.410 e. The van der Waals surface area contributed by atoms with E-state index < -0.39 is 5.60 Å². The third-order valence-corrected chi connectivity index (χ3v) is 7.09. The van der Waals surface area contributed by atoms with Crippen molar-refractivity contribution in [2.24, 2.45) is 0 Å². The number of benzene rings is 2. The fraction of sp³-hybridized carbons (Fsp3) is 0.370. The number of nitrogens with one attached hydrogen (secondary N) is 1. The highest BCUT2D eigenvalue weighted by atomic mass is 32.1. The second-order valence-corrected chi connectivity index (χ2v) is 10.9. The molecule has 2 amide bonds. The average molecular weight is 492 g/mol. The molecule has 3 heterocycles. The highest BCUT2D eigenvalue weighted by molar-refractivity contribution is 7.19. The second kappa shape index (κ2) is 9.34. The Balaban J connectivity index is 1.31. The first-order chi connectivity index (χ1) is 16.8. The molecule has 1 atom stereocenters. The molecule has 8 heteroatoms. The maximum absolute atomic E-state index is 13.1. The van der Waals surface area contributed by atoms with E-state index in [9.17, 15) is 9.59 Å². The van der Waals surface area contributed by atoms with Crippen molar-refractivity contribution in [3.05, 3.63) is 64.7 Å². The Morgan fingerprint density at radius 2 is 2.03 bits per heavy atom. The first kappa shape index (κ1) is 23.4. The van der Waals surface area contributed by atoms with Crippen LogP contribution in [0.1, 0.15) is 60.6 Å². The molecule has 0 aliphatic carbocycles. The molecule has 2 aliphatic rings. The van der Waals surface area contributed by atoms with Crippen molar-refractivity contribution >= 4 is 39.1 Å². The Kier molecular flexibility index (Phi) is 6.23. The minimum atomic E-state index is -0.530. The van der Waals surface area contributed by atoms with E-state index in [-0.39, 0.29) is 18.0 Å². The van der Waals surface area contributed by atoms with Crippen LogP contribution in [0.4, 0.5) is 4.79 Å². The number of thiazole rings is 1. The number of hydrogen-bond donors (Lipinski definition) is 1. The van der Waals surface area contributed by atoms with Crippen molar-refractivity contribution in [1.29, 1.82) is 0 Å². The van der Waals surface area contributed by atoms with Gasteiger partial charge < -0.3 is 19.7 Å². The summed E-state index contributed by atoms with van der Waals surface area (Å²) in [6.45, 7) is 7.28. The van der Waals surface area contributed by atoms with Crippen LogP contribution in [0.15, 0.2) is 48.5 Å². The summed E-state index contributed by atoms with van der Waals surface area (Å²) < 4.78 is 12.2. The van der Waals surface area contributed by atoms with Gasteiger partial charge in [-0.2, -0.15) is 0 Å². The highest BCUT2D eigenvalue weighted by Crippen LogP contribution is 2.33. The number of aromatic nitrogens is 1. The third-order valence-electron chi connectivity index (χ3n) is 5.99. The molecule has 7 nitrogen and oxygen atoms in total. The van der Waals surface area contributed by atoms with Gasteiger partial charge in [0.25, 0.3) is 5.91 Å². The molecule has 0 spiro atoms. The van der Waals surface area contributed by atoms with Crippen molar-refractivity contribution in [1.82, 2.24) is 15.2 Å². The lowest BCUT2D eigenvalue weighted by Gasteiger charge is -2.29. The molecule has 0 saturated carbocycles. The van der Waals surface area contributed by atoms with E-state index in [0.717, 1.165) is 45.0 Å². The fourth-order valence-corrected chi connectivity index (χ4v) is 5.35. The Morgan fingerprint density at radius 1 is 1.20 bits per heavy atom. The molecule has 3 aromatic rings. The van der Waals surface area contributed by atoms with E-state index >= 15 is 0 Å². The zero-order valence-corrected chi connectivity index (χ0v) is 21.0. The molecule has 1 aromatic heterocycles. The molecule has 1 N–H and O–H groups in total. The predicted octanol–water partition coefficient (Wildman–Crippen LogP) is 5.57. The summed E-state index contributed by atoms with van der Waals surface area (Å²) in [5.74, 6) is 0.712. The van der Waals surface area contributed by atoms with Gasteiger partial charge in [0.2, 0.25) is 0 Å². The predicted molar refractivity (Wildman–Crippen MR) is 137 cm³/mol. The van der Waals surface area contributed by atoms with Crippen LogP contribution in [0, 0.1) is 0 Å². The Hall–Kier alpha value is -3.39. The number of fused-ring (bicyclic) bond motifs is 2. The van der Waals surface area contributed by atoms with Crippen molar-refractivity contribution in [2.75, 3.05) is 19.7 Å². The van der Waals surface area contributed by atoms with E-state index in [2.05, 4.69) is 11.4 Å². The van der Waals surface area contributed by atoms with Gasteiger partial charge in [0.05, 0.1) is 29.4 Å². The quantitative estimate of drug-likeness (QED) is 0.518. The molecule has 0 bridgehead atoms. The third kappa shape index (κ3) is 5.17. The maximum atomic E-state index is 13.1. The topological polar surface area (TPSA) is 80.8 Å². The lowest BCUT2D eigenvalue weighted by atomic mass is 10.00. The molecule has 182 valence electrons. The molecular formula is C27H29N3O4S. The number of para-hydroxylation sites is 1. The van der Waals surface area contributed by atoms with Crippen molar-refractivity contribution < 1.29 is 19.1 Å². The molecule has 0 radical (unpaired) electrons. The van der Waals surface area contributed by atoms with Gasteiger partial charge in [-0.1, -0.05) is 24.3 Å². The first-order valence-corrected chi connectivity index (χ1v) is 12.7. The summed E-state index contributed by atoms with van der Waals surface area (Å²) in [6, 6.07) is 13.3. The van der Waals surface area contributed by atoms with Crippen LogP contribution >= 0.6 is 11.3 Å². The highest BCUT2D eigenvalue weighted by Gasteiger charge is 2.26. The lowest BCUT2D eigenvalue weighted by Crippen LogP contribution is -2.39. The van der Waals surface area contributed by atoms with Gasteiger partial charge in [0, 0.05) is 29.7 Å². The zero-order chi connectivity index (χ0) is 24.6. The molecule has 0 fully saturated rings. The second-order valence-electron chi connectivity index (χ2n) is 9.82. The lowest BCUT2D eigenvalue weighted by molar-refractivity contribution is 0.0273. The summed E-state index contributed by atoms with van der Waals surface area (Å²) in [7, 11) is 0. The molecule has 2 aromatic carbocycles. The number of carbonyl (C=O) groups is 2. The van der Waals surface area contributed by atoms with E-state index in [1.807, 2.05) is 63.2 Å². The minimum Gasteiger partial charge on any atom is -0.493 e. The van der Waals surface area contributed by atoms with Crippen molar-refractivity contribution in [3.8, 4) is 5.75 Å². The molecule has 0 unspecified atom stereocenters. The maximum Gasteiger partial charge on any atom is 0.410 e. The number of nitrogens with zero attached hydrogens (tertiary/aromatic N) is 2. The van der Waals surface area contributed by atoms with Crippen LogP contribution in [0.3, 0.4) is 0 Å². The van der Waals surface area contributed by atoms with Crippen LogP contribution < -0.4 is 10.1 Å². The largest absolute Gasteiger partial charge is 0.493 e. The van der Waals surface area contributed by atoms with E-state index in [0.29, 0.717) is 25.3 Å². The van der Waals surface area contributed by atoms with Crippen molar-refractivity contribution in [2.45, 2.75) is 45.3 Å². The summed E-state index contributed by atoms with van der Waals surface area (Å²) in [5.41, 5.74) is 2.93. The normalized spacial score (nSPS) is 17.9. The van der Waals surface area contributed by atoms with Gasteiger partial charge >= 0.3 is 6.09 Å². The summed E-state index contributed by atoms with van der Waals surface area (Å²) in [4.78, 5) is 32.1. The molecule has 2 aliphatic heterocycles. The first-order valence-electron chi connectivity index (χ1n) is 11.9. The number of rotatable bonds is 3. The number of ether oxygens (including phenoxy) is 2. The minimum absolute atomic E-state index is 0.0774. The molecule has 0 saturated heterocycles.